The minimum Gasteiger partial charge on any atom is -0.464 e. The Kier molecular flexibility index (Phi) is 4.25. The van der Waals surface area contributed by atoms with Crippen molar-refractivity contribution in [2.45, 2.75) is 26.6 Å². The highest BCUT2D eigenvalue weighted by atomic mass is 19.4. The van der Waals surface area contributed by atoms with Crippen LogP contribution in [0.5, 0.6) is 0 Å². The van der Waals surface area contributed by atoms with Crippen molar-refractivity contribution in [2.75, 3.05) is 7.11 Å². The number of halogens is 3. The molecule has 0 saturated heterocycles. The molecule has 0 bridgehead atoms. The van der Waals surface area contributed by atoms with Crippen molar-refractivity contribution in [3.8, 4) is 11.4 Å². The molecular formula is C18H15F3N6O2. The normalized spacial score (nSPS) is 12.1. The number of aryl methyl sites for hydroxylation is 2. The van der Waals surface area contributed by atoms with Crippen molar-refractivity contribution >= 4 is 22.6 Å². The molecule has 8 nitrogen and oxygen atoms in total. The lowest BCUT2D eigenvalue weighted by Crippen LogP contribution is -2.11. The highest BCUT2D eigenvalue weighted by Crippen LogP contribution is 2.32. The molecule has 0 spiro atoms. The Hall–Kier alpha value is -3.50. The van der Waals surface area contributed by atoms with E-state index < -0.39 is 17.8 Å². The zero-order valence-corrected chi connectivity index (χ0v) is 15.7. The molecular weight excluding hydrogens is 389 g/mol. The Morgan fingerprint density at radius 2 is 2.00 bits per heavy atom. The van der Waals surface area contributed by atoms with Crippen molar-refractivity contribution in [3.63, 3.8) is 0 Å². The van der Waals surface area contributed by atoms with E-state index in [1.165, 1.54) is 20.1 Å². The Morgan fingerprint density at radius 1 is 1.24 bits per heavy atom. The molecule has 0 saturated carbocycles. The van der Waals surface area contributed by atoms with Crippen LogP contribution in [0.15, 0.2) is 24.4 Å². The van der Waals surface area contributed by atoms with Gasteiger partial charge in [0.2, 0.25) is 0 Å². The predicted octanol–water partition coefficient (Wildman–Crippen LogP) is 3.27. The van der Waals surface area contributed by atoms with E-state index in [4.69, 9.17) is 4.74 Å². The minimum atomic E-state index is -4.62. The summed E-state index contributed by atoms with van der Waals surface area (Å²) in [6, 6.07) is 4.13. The first-order valence-corrected chi connectivity index (χ1v) is 8.63. The molecule has 4 aromatic heterocycles. The Balaban J connectivity index is 2.09. The largest absolute Gasteiger partial charge is 0.464 e. The highest BCUT2D eigenvalue weighted by molar-refractivity contribution is 5.97. The van der Waals surface area contributed by atoms with Crippen LogP contribution in [0.3, 0.4) is 0 Å². The summed E-state index contributed by atoms with van der Waals surface area (Å²) in [4.78, 5) is 20.5. The first-order valence-electron chi connectivity index (χ1n) is 8.63. The van der Waals surface area contributed by atoms with E-state index in [1.807, 2.05) is 6.92 Å². The van der Waals surface area contributed by atoms with Crippen molar-refractivity contribution < 1.29 is 22.7 Å². The van der Waals surface area contributed by atoms with Crippen LogP contribution >= 0.6 is 0 Å². The first kappa shape index (κ1) is 18.8. The number of hydrogen-bond donors (Lipinski definition) is 0. The lowest BCUT2D eigenvalue weighted by molar-refractivity contribution is -0.141. The molecule has 0 aliphatic heterocycles. The molecule has 0 unspecified atom stereocenters. The molecule has 0 fully saturated rings. The average Bonchev–Trinajstić information content (AvgIpc) is 3.29. The molecule has 4 rings (SSSR count). The van der Waals surface area contributed by atoms with E-state index in [0.717, 1.165) is 10.6 Å². The van der Waals surface area contributed by atoms with E-state index in [9.17, 15) is 18.0 Å². The summed E-state index contributed by atoms with van der Waals surface area (Å²) in [5.41, 5.74) is 0.362. The molecule has 0 N–H and O–H groups in total. The number of aromatic nitrogens is 6. The molecule has 0 atom stereocenters. The number of methoxy groups -OCH3 is 1. The maximum absolute atomic E-state index is 13.2. The number of carbonyl (C=O) groups excluding carboxylic acids is 1. The van der Waals surface area contributed by atoms with Crippen LogP contribution in [0, 0.1) is 6.92 Å². The third kappa shape index (κ3) is 2.98. The molecule has 4 aromatic rings. The van der Waals surface area contributed by atoms with Crippen LogP contribution in [0.2, 0.25) is 0 Å². The number of carbonyl (C=O) groups is 1. The Morgan fingerprint density at radius 3 is 2.66 bits per heavy atom. The fraction of sp³-hybridized carbons (Fsp3) is 0.278. The summed E-state index contributed by atoms with van der Waals surface area (Å²) >= 11 is 0. The highest BCUT2D eigenvalue weighted by Gasteiger charge is 2.34. The van der Waals surface area contributed by atoms with E-state index in [-0.39, 0.29) is 17.0 Å². The Bertz CT molecular complexity index is 1260. The van der Waals surface area contributed by atoms with Crippen molar-refractivity contribution in [1.29, 1.82) is 0 Å². The summed E-state index contributed by atoms with van der Waals surface area (Å²) in [6.07, 6.45) is -3.02. The van der Waals surface area contributed by atoms with Gasteiger partial charge in [-0.1, -0.05) is 0 Å². The maximum Gasteiger partial charge on any atom is 0.433 e. The number of nitrogens with zero attached hydrogens (tertiary/aromatic N) is 6. The number of alkyl halides is 3. The van der Waals surface area contributed by atoms with Gasteiger partial charge in [0.15, 0.2) is 17.0 Å². The lowest BCUT2D eigenvalue weighted by Gasteiger charge is -2.08. The fourth-order valence-electron chi connectivity index (χ4n) is 3.19. The van der Waals surface area contributed by atoms with E-state index >= 15 is 0 Å². The van der Waals surface area contributed by atoms with E-state index in [1.54, 1.807) is 16.9 Å². The molecule has 0 amide bonds. The summed E-state index contributed by atoms with van der Waals surface area (Å²) in [5.74, 6) is -0.706. The number of rotatable bonds is 3. The smallest absolute Gasteiger partial charge is 0.433 e. The fourth-order valence-corrected chi connectivity index (χ4v) is 3.19. The third-order valence-electron chi connectivity index (χ3n) is 4.51. The van der Waals surface area contributed by atoms with Crippen molar-refractivity contribution in [3.05, 3.63) is 41.3 Å². The summed E-state index contributed by atoms with van der Waals surface area (Å²) in [5, 5.41) is 8.62. The maximum atomic E-state index is 13.2. The molecule has 29 heavy (non-hydrogen) atoms. The van der Waals surface area contributed by atoms with Gasteiger partial charge in [-0.3, -0.25) is 4.68 Å². The predicted molar refractivity (Wildman–Crippen MR) is 96.3 cm³/mol. The number of hydrogen-bond acceptors (Lipinski definition) is 6. The van der Waals surface area contributed by atoms with Crippen LogP contribution < -0.4 is 0 Å². The number of fused-ring (bicyclic) bond motifs is 3. The van der Waals surface area contributed by atoms with Crippen LogP contribution in [0.1, 0.15) is 28.7 Å². The van der Waals surface area contributed by atoms with Gasteiger partial charge in [-0.2, -0.15) is 18.3 Å². The SMILES string of the molecule is CCn1nccc1-c1cc(C(=O)OC)n2nc3nc(C(F)(F)F)cc(C)c3c2n1. The van der Waals surface area contributed by atoms with Gasteiger partial charge in [-0.15, -0.1) is 5.10 Å². The second kappa shape index (κ2) is 6.54. The third-order valence-corrected chi connectivity index (χ3v) is 4.51. The van der Waals surface area contributed by atoms with Crippen LogP contribution in [-0.2, 0) is 17.5 Å². The molecule has 4 heterocycles. The zero-order valence-electron chi connectivity index (χ0n) is 15.7. The van der Waals surface area contributed by atoms with Crippen LogP contribution in [0.4, 0.5) is 13.2 Å². The molecule has 11 heteroatoms. The van der Waals surface area contributed by atoms with Crippen molar-refractivity contribution in [2.24, 2.45) is 0 Å². The Labute approximate surface area is 161 Å². The molecule has 0 aliphatic rings. The topological polar surface area (TPSA) is 87.2 Å². The van der Waals surface area contributed by atoms with Crippen LogP contribution in [-0.4, -0.2) is 42.4 Å². The number of pyridine rings is 1. The monoisotopic (exact) mass is 404 g/mol. The molecule has 0 aromatic carbocycles. The van der Waals surface area contributed by atoms with E-state index in [0.29, 0.717) is 28.9 Å². The lowest BCUT2D eigenvalue weighted by atomic mass is 10.1. The van der Waals surface area contributed by atoms with Gasteiger partial charge in [0.05, 0.1) is 23.9 Å². The van der Waals surface area contributed by atoms with Gasteiger partial charge < -0.3 is 4.74 Å². The van der Waals surface area contributed by atoms with Gasteiger partial charge in [-0.25, -0.2) is 19.3 Å². The minimum absolute atomic E-state index is 0.0160. The number of esters is 1. The van der Waals surface area contributed by atoms with Gasteiger partial charge in [0, 0.05) is 12.7 Å². The second-order valence-corrected chi connectivity index (χ2v) is 6.31. The molecule has 0 aliphatic carbocycles. The summed E-state index contributed by atoms with van der Waals surface area (Å²) < 4.78 is 47.1. The number of ether oxygens (including phenoxy) is 1. The van der Waals surface area contributed by atoms with Crippen molar-refractivity contribution in [1.82, 2.24) is 29.4 Å². The van der Waals surface area contributed by atoms with Gasteiger partial charge in [0.1, 0.15) is 5.69 Å². The van der Waals surface area contributed by atoms with Gasteiger partial charge in [-0.05, 0) is 37.6 Å². The first-order chi connectivity index (χ1) is 13.7. The molecule has 0 radical (unpaired) electrons. The quantitative estimate of drug-likeness (QED) is 0.487. The van der Waals surface area contributed by atoms with Crippen LogP contribution in [0.25, 0.3) is 28.1 Å². The summed E-state index contributed by atoms with van der Waals surface area (Å²) in [6.45, 7) is 3.99. The standard InChI is InChI=1S/C18H15F3N6O2/c1-4-26-11(5-6-22-26)10-8-12(17(28)29-3)27-16(23-10)14-9(2)7-13(18(19,20)21)24-15(14)25-27/h5-8H,4H2,1-3H3. The van der Waals surface area contributed by atoms with E-state index in [2.05, 4.69) is 20.2 Å². The van der Waals surface area contributed by atoms with Gasteiger partial charge >= 0.3 is 12.1 Å². The molecule has 150 valence electrons. The van der Waals surface area contributed by atoms with Gasteiger partial charge in [0.25, 0.3) is 0 Å². The summed E-state index contributed by atoms with van der Waals surface area (Å²) in [7, 11) is 1.21. The zero-order chi connectivity index (χ0) is 20.9. The average molecular weight is 404 g/mol. The second-order valence-electron chi connectivity index (χ2n) is 6.31.